The average molecular weight is 465 g/mol. The van der Waals surface area contributed by atoms with Crippen LogP contribution in [-0.2, 0) is 0 Å². The van der Waals surface area contributed by atoms with Crippen LogP contribution < -0.4 is 0 Å². The highest BCUT2D eigenvalue weighted by Crippen LogP contribution is 2.41. The molecule has 5 aromatic carbocycles. The Labute approximate surface area is 207 Å². The number of rotatable bonds is 3. The molecular formula is C32H20N2S. The van der Waals surface area contributed by atoms with Crippen molar-refractivity contribution in [2.45, 2.75) is 0 Å². The van der Waals surface area contributed by atoms with Gasteiger partial charge in [0.05, 0.1) is 11.2 Å². The van der Waals surface area contributed by atoms with Gasteiger partial charge >= 0.3 is 0 Å². The van der Waals surface area contributed by atoms with Crippen molar-refractivity contribution < 1.29 is 0 Å². The lowest BCUT2D eigenvalue weighted by atomic mass is 10.00. The van der Waals surface area contributed by atoms with Gasteiger partial charge in [-0.2, -0.15) is 0 Å². The molecule has 0 radical (unpaired) electrons. The van der Waals surface area contributed by atoms with Gasteiger partial charge < -0.3 is 0 Å². The van der Waals surface area contributed by atoms with Crippen LogP contribution in [0.5, 0.6) is 0 Å². The number of hydrogen-bond acceptors (Lipinski definition) is 3. The number of fused-ring (bicyclic) bond motifs is 5. The molecule has 2 aromatic heterocycles. The minimum atomic E-state index is 0.751. The van der Waals surface area contributed by atoms with Gasteiger partial charge in [-0.15, -0.1) is 11.3 Å². The molecule has 7 aromatic rings. The molecule has 35 heavy (non-hydrogen) atoms. The monoisotopic (exact) mass is 464 g/mol. The summed E-state index contributed by atoms with van der Waals surface area (Å²) in [7, 11) is 0. The first kappa shape index (κ1) is 20.1. The lowest BCUT2D eigenvalue weighted by molar-refractivity contribution is 1.23. The van der Waals surface area contributed by atoms with Gasteiger partial charge in [-0.25, -0.2) is 9.97 Å². The minimum absolute atomic E-state index is 0.751. The predicted octanol–water partition coefficient (Wildman–Crippen LogP) is 9.00. The van der Waals surface area contributed by atoms with Gasteiger partial charge in [-0.05, 0) is 23.3 Å². The first-order chi connectivity index (χ1) is 17.3. The second kappa shape index (κ2) is 8.15. The van der Waals surface area contributed by atoms with Crippen LogP contribution in [0.4, 0.5) is 0 Å². The van der Waals surface area contributed by atoms with Crippen LogP contribution in [0.25, 0.3) is 64.8 Å². The lowest BCUT2D eigenvalue weighted by Crippen LogP contribution is -1.95. The molecule has 0 fully saturated rings. The van der Waals surface area contributed by atoms with E-state index in [4.69, 9.17) is 9.97 Å². The van der Waals surface area contributed by atoms with Gasteiger partial charge in [-0.3, -0.25) is 0 Å². The summed E-state index contributed by atoms with van der Waals surface area (Å²) in [6.07, 6.45) is 0. The number of aromatic nitrogens is 2. The first-order valence-electron chi connectivity index (χ1n) is 11.7. The zero-order valence-electron chi connectivity index (χ0n) is 18.8. The summed E-state index contributed by atoms with van der Waals surface area (Å²) in [5.41, 5.74) is 6.48. The molecule has 0 aliphatic carbocycles. The standard InChI is InChI=1S/C32H20N2S/c1-3-9-21(10-4-1)22-15-17-23(18-16-22)30-29-27(33-32(34-30)24-11-5-2-6-12-24)20-19-26-25-13-7-8-14-28(25)35-31(26)29/h1-20H. The van der Waals surface area contributed by atoms with Crippen molar-refractivity contribution in [3.05, 3.63) is 121 Å². The highest BCUT2D eigenvalue weighted by atomic mass is 32.1. The SMILES string of the molecule is c1ccc(-c2ccc(-c3nc(-c4ccccc4)nc4ccc5c6ccccc6sc5c34)cc2)cc1. The lowest BCUT2D eigenvalue weighted by Gasteiger charge is -2.11. The molecule has 3 heteroatoms. The fraction of sp³-hybridized carbons (Fsp3) is 0. The third-order valence-corrected chi connectivity index (χ3v) is 7.71. The molecule has 164 valence electrons. The normalized spacial score (nSPS) is 11.4. The smallest absolute Gasteiger partial charge is 0.160 e. The molecule has 0 aliphatic heterocycles. The van der Waals surface area contributed by atoms with Crippen molar-refractivity contribution in [1.82, 2.24) is 9.97 Å². The van der Waals surface area contributed by atoms with Gasteiger partial charge in [-0.1, -0.05) is 109 Å². The maximum absolute atomic E-state index is 5.16. The molecule has 0 atom stereocenters. The van der Waals surface area contributed by atoms with Crippen LogP contribution in [0.1, 0.15) is 0 Å². The Morgan fingerprint density at radius 2 is 1.09 bits per heavy atom. The molecule has 2 heterocycles. The summed E-state index contributed by atoms with van der Waals surface area (Å²) in [5.74, 6) is 0.751. The van der Waals surface area contributed by atoms with E-state index in [1.165, 1.54) is 31.3 Å². The van der Waals surface area contributed by atoms with E-state index in [1.54, 1.807) is 0 Å². The van der Waals surface area contributed by atoms with E-state index in [0.29, 0.717) is 0 Å². The molecule has 0 aliphatic rings. The van der Waals surface area contributed by atoms with Gasteiger partial charge in [0.25, 0.3) is 0 Å². The summed E-state index contributed by atoms with van der Waals surface area (Å²) < 4.78 is 2.53. The van der Waals surface area contributed by atoms with Crippen molar-refractivity contribution in [1.29, 1.82) is 0 Å². The van der Waals surface area contributed by atoms with Gasteiger partial charge in [0, 0.05) is 36.7 Å². The summed E-state index contributed by atoms with van der Waals surface area (Å²) >= 11 is 1.82. The van der Waals surface area contributed by atoms with Crippen LogP contribution in [0.3, 0.4) is 0 Å². The largest absolute Gasteiger partial charge is 0.228 e. The minimum Gasteiger partial charge on any atom is -0.228 e. The van der Waals surface area contributed by atoms with Crippen LogP contribution >= 0.6 is 11.3 Å². The van der Waals surface area contributed by atoms with Crippen LogP contribution in [-0.4, -0.2) is 9.97 Å². The van der Waals surface area contributed by atoms with E-state index in [-0.39, 0.29) is 0 Å². The third-order valence-electron chi connectivity index (χ3n) is 6.50. The molecule has 2 nitrogen and oxygen atoms in total. The van der Waals surface area contributed by atoms with E-state index < -0.39 is 0 Å². The Morgan fingerprint density at radius 1 is 0.457 bits per heavy atom. The second-order valence-electron chi connectivity index (χ2n) is 8.64. The number of hydrogen-bond donors (Lipinski definition) is 0. The summed E-state index contributed by atoms with van der Waals surface area (Å²) in [6, 6.07) is 42.4. The van der Waals surface area contributed by atoms with E-state index in [0.717, 1.165) is 33.5 Å². The van der Waals surface area contributed by atoms with Crippen LogP contribution in [0, 0.1) is 0 Å². The molecule has 0 saturated heterocycles. The fourth-order valence-corrected chi connectivity index (χ4v) is 6.02. The van der Waals surface area contributed by atoms with E-state index >= 15 is 0 Å². The molecule has 0 unspecified atom stereocenters. The van der Waals surface area contributed by atoms with Crippen LogP contribution in [0.15, 0.2) is 121 Å². The Bertz CT molecular complexity index is 1820. The topological polar surface area (TPSA) is 25.8 Å². The molecule has 0 bridgehead atoms. The Kier molecular flexibility index (Phi) is 4.68. The summed E-state index contributed by atoms with van der Waals surface area (Å²) in [5, 5.41) is 3.67. The molecular weight excluding hydrogens is 444 g/mol. The van der Waals surface area contributed by atoms with Gasteiger partial charge in [0.2, 0.25) is 0 Å². The predicted molar refractivity (Wildman–Crippen MR) is 149 cm³/mol. The molecule has 0 amide bonds. The Hall–Kier alpha value is -4.34. The Morgan fingerprint density at radius 3 is 1.86 bits per heavy atom. The number of benzene rings is 5. The number of thiophene rings is 1. The van der Waals surface area contributed by atoms with Gasteiger partial charge in [0.15, 0.2) is 5.82 Å². The van der Waals surface area contributed by atoms with Crippen LogP contribution in [0.2, 0.25) is 0 Å². The zero-order chi connectivity index (χ0) is 23.2. The Balaban J connectivity index is 1.52. The molecule has 0 spiro atoms. The summed E-state index contributed by atoms with van der Waals surface area (Å²) in [6.45, 7) is 0. The highest BCUT2D eigenvalue weighted by Gasteiger charge is 2.17. The van der Waals surface area contributed by atoms with E-state index in [1.807, 2.05) is 35.6 Å². The molecule has 7 rings (SSSR count). The fourth-order valence-electron chi connectivity index (χ4n) is 4.78. The third kappa shape index (κ3) is 3.40. The quantitative estimate of drug-likeness (QED) is 0.261. The maximum atomic E-state index is 5.16. The van der Waals surface area contributed by atoms with E-state index in [9.17, 15) is 0 Å². The van der Waals surface area contributed by atoms with Crippen molar-refractivity contribution >= 4 is 42.4 Å². The van der Waals surface area contributed by atoms with Crippen molar-refractivity contribution in [2.75, 3.05) is 0 Å². The second-order valence-corrected chi connectivity index (χ2v) is 9.69. The van der Waals surface area contributed by atoms with Crippen molar-refractivity contribution in [3.8, 4) is 33.8 Å². The summed E-state index contributed by atoms with van der Waals surface area (Å²) in [4.78, 5) is 10.2. The molecule has 0 N–H and O–H groups in total. The van der Waals surface area contributed by atoms with E-state index in [2.05, 4.69) is 97.1 Å². The first-order valence-corrected chi connectivity index (χ1v) is 12.5. The van der Waals surface area contributed by atoms with Crippen molar-refractivity contribution in [3.63, 3.8) is 0 Å². The molecule has 0 saturated carbocycles. The van der Waals surface area contributed by atoms with Crippen molar-refractivity contribution in [2.24, 2.45) is 0 Å². The zero-order valence-corrected chi connectivity index (χ0v) is 19.7. The van der Waals surface area contributed by atoms with Gasteiger partial charge in [0.1, 0.15) is 0 Å². The number of nitrogens with zero attached hydrogens (tertiary/aromatic N) is 2. The maximum Gasteiger partial charge on any atom is 0.160 e. The highest BCUT2D eigenvalue weighted by molar-refractivity contribution is 7.26. The average Bonchev–Trinajstić information content (AvgIpc) is 3.32.